The van der Waals surface area contributed by atoms with E-state index in [1.165, 1.54) is 19.3 Å². The summed E-state index contributed by atoms with van der Waals surface area (Å²) in [4.78, 5) is 0. The van der Waals surface area contributed by atoms with Crippen molar-refractivity contribution in [2.75, 3.05) is 0 Å². The third kappa shape index (κ3) is 14.0. The van der Waals surface area contributed by atoms with Crippen LogP contribution in [0.5, 0.6) is 0 Å². The highest BCUT2D eigenvalue weighted by molar-refractivity contribution is 4.80. The Balaban J connectivity index is 0. The number of hydrogen-bond acceptors (Lipinski definition) is 1. The van der Waals surface area contributed by atoms with Gasteiger partial charge in [0.2, 0.25) is 0 Å². The average Bonchev–Trinajstić information content (AvgIpc) is 1.79. The minimum atomic E-state index is 0. The van der Waals surface area contributed by atoms with Gasteiger partial charge in [0, 0.05) is 5.54 Å². The summed E-state index contributed by atoms with van der Waals surface area (Å²) in [5.41, 5.74) is 5.95. The van der Waals surface area contributed by atoms with E-state index in [2.05, 4.69) is 20.8 Å². The molecule has 94 valence electrons. The summed E-state index contributed by atoms with van der Waals surface area (Å²) < 4.78 is 0. The molecule has 0 bridgehead atoms. The van der Waals surface area contributed by atoms with E-state index >= 15 is 0 Å². The molecule has 1 heteroatoms. The maximum atomic E-state index is 5.35. The smallest absolute Gasteiger partial charge is 0.00686 e. The van der Waals surface area contributed by atoms with Gasteiger partial charge in [-0.05, 0) is 44.9 Å². The fourth-order valence-corrected chi connectivity index (χ4v) is 1.27. The van der Waals surface area contributed by atoms with E-state index in [0.717, 1.165) is 5.92 Å². The summed E-state index contributed by atoms with van der Waals surface area (Å²) in [5.74, 6) is 1.03. The highest BCUT2D eigenvalue weighted by atomic mass is 14.7. The summed E-state index contributed by atoms with van der Waals surface area (Å²) in [5, 5.41) is 0. The third-order valence-electron chi connectivity index (χ3n) is 2.33. The lowest BCUT2D eigenvalue weighted by molar-refractivity contribution is 0.141. The predicted octanol–water partition coefficient (Wildman–Crippen LogP) is 4.60. The Morgan fingerprint density at radius 2 is 1.13 bits per heavy atom. The zero-order valence-electron chi connectivity index (χ0n) is 12.3. The Labute approximate surface area is 97.8 Å². The van der Waals surface area contributed by atoms with E-state index in [1.807, 2.05) is 34.6 Å². The van der Waals surface area contributed by atoms with Gasteiger partial charge in [0.05, 0.1) is 0 Å². The van der Waals surface area contributed by atoms with Crippen LogP contribution in [0.4, 0.5) is 0 Å². The summed E-state index contributed by atoms with van der Waals surface area (Å²) >= 11 is 0. The van der Waals surface area contributed by atoms with E-state index in [-0.39, 0.29) is 5.54 Å². The van der Waals surface area contributed by atoms with E-state index in [9.17, 15) is 0 Å². The van der Waals surface area contributed by atoms with Gasteiger partial charge < -0.3 is 5.73 Å². The van der Waals surface area contributed by atoms with Crippen LogP contribution in [0.3, 0.4) is 0 Å². The molecule has 0 saturated heterocycles. The van der Waals surface area contributed by atoms with Gasteiger partial charge in [-0.1, -0.05) is 41.0 Å². The van der Waals surface area contributed by atoms with Gasteiger partial charge in [-0.15, -0.1) is 0 Å². The van der Waals surface area contributed by atoms with Crippen molar-refractivity contribution in [1.82, 2.24) is 0 Å². The lowest BCUT2D eigenvalue weighted by Crippen LogP contribution is -2.26. The lowest BCUT2D eigenvalue weighted by atomic mass is 9.69. The van der Waals surface area contributed by atoms with Gasteiger partial charge in [0.25, 0.3) is 0 Å². The second kappa shape index (κ2) is 7.27. The van der Waals surface area contributed by atoms with Crippen molar-refractivity contribution in [3.63, 3.8) is 0 Å². The van der Waals surface area contributed by atoms with Crippen LogP contribution >= 0.6 is 0 Å². The van der Waals surface area contributed by atoms with Gasteiger partial charge >= 0.3 is 0 Å². The van der Waals surface area contributed by atoms with Crippen molar-refractivity contribution in [2.45, 2.75) is 80.2 Å². The fraction of sp³-hybridized carbons (Fsp3) is 1.00. The Bertz CT molecular complexity index is 126. The fourth-order valence-electron chi connectivity index (χ4n) is 1.27. The van der Waals surface area contributed by atoms with Gasteiger partial charge in [0.1, 0.15) is 0 Å². The zero-order chi connectivity index (χ0) is 12.7. The largest absolute Gasteiger partial charge is 0.326 e. The van der Waals surface area contributed by atoms with Crippen LogP contribution in [0.1, 0.15) is 74.7 Å². The molecule has 2 N–H and O–H groups in total. The molecule has 0 radical (unpaired) electrons. The summed E-state index contributed by atoms with van der Waals surface area (Å²) in [6, 6.07) is 0. The molecule has 0 aromatic heterocycles. The first kappa shape index (κ1) is 17.4. The molecular formula is C14H33N. The molecule has 1 nitrogen and oxygen atoms in total. The maximum Gasteiger partial charge on any atom is 0.00686 e. The topological polar surface area (TPSA) is 26.0 Å². The molecule has 0 amide bonds. The minimum Gasteiger partial charge on any atom is -0.326 e. The van der Waals surface area contributed by atoms with Crippen LogP contribution in [-0.4, -0.2) is 5.54 Å². The van der Waals surface area contributed by atoms with Crippen molar-refractivity contribution in [3.8, 4) is 0 Å². The molecule has 0 aliphatic heterocycles. The van der Waals surface area contributed by atoms with E-state index in [4.69, 9.17) is 5.73 Å². The van der Waals surface area contributed by atoms with E-state index in [0.29, 0.717) is 5.41 Å². The molecule has 15 heavy (non-hydrogen) atoms. The Kier molecular flexibility index (Phi) is 8.41. The van der Waals surface area contributed by atoms with Crippen LogP contribution in [0.2, 0.25) is 0 Å². The average molecular weight is 215 g/mol. The van der Waals surface area contributed by atoms with Crippen molar-refractivity contribution in [2.24, 2.45) is 17.1 Å². The van der Waals surface area contributed by atoms with Crippen LogP contribution < -0.4 is 5.73 Å². The highest BCUT2D eigenvalue weighted by Gasteiger charge is 2.29. The number of rotatable bonds is 0. The Hall–Kier alpha value is -0.0400. The third-order valence-corrected chi connectivity index (χ3v) is 2.33. The molecule has 1 rings (SSSR count). The van der Waals surface area contributed by atoms with Crippen LogP contribution in [0.15, 0.2) is 0 Å². The number of hydrogen-bond donors (Lipinski definition) is 1. The number of nitrogens with two attached hydrogens (primary N) is 1. The van der Waals surface area contributed by atoms with Crippen LogP contribution in [0, 0.1) is 11.3 Å². The molecule has 0 atom stereocenters. The van der Waals surface area contributed by atoms with Gasteiger partial charge in [-0.3, -0.25) is 0 Å². The summed E-state index contributed by atoms with van der Waals surface area (Å²) in [7, 11) is 0. The van der Waals surface area contributed by atoms with Gasteiger partial charge in [0.15, 0.2) is 0 Å². The van der Waals surface area contributed by atoms with Crippen molar-refractivity contribution >= 4 is 0 Å². The first-order valence-electron chi connectivity index (χ1n) is 6.39. The minimum absolute atomic E-state index is 0. The molecule has 1 aliphatic carbocycles. The molecule has 1 fully saturated rings. The molecule has 0 spiro atoms. The lowest BCUT2D eigenvalue weighted by Gasteiger charge is -2.37. The molecule has 1 saturated carbocycles. The van der Waals surface area contributed by atoms with Gasteiger partial charge in [-0.2, -0.15) is 0 Å². The molecule has 0 unspecified atom stereocenters. The maximum absolute atomic E-state index is 5.35. The van der Waals surface area contributed by atoms with Crippen LogP contribution in [0.25, 0.3) is 0 Å². The van der Waals surface area contributed by atoms with Crippen LogP contribution in [-0.2, 0) is 0 Å². The zero-order valence-corrected chi connectivity index (χ0v) is 12.3. The molecule has 0 aromatic carbocycles. The molecule has 0 aromatic rings. The standard InChI is InChI=1S/C8H16.C4H11N.C2H6/c1-8(2,3)7-5-4-6-7;1-4(2,3)5;1-2/h7H,4-6H2,1-3H3;5H2,1-3H3;1-2H3. The van der Waals surface area contributed by atoms with E-state index in [1.54, 1.807) is 0 Å². The van der Waals surface area contributed by atoms with Gasteiger partial charge in [-0.25, -0.2) is 0 Å². The Morgan fingerprint density at radius 3 is 1.13 bits per heavy atom. The first-order chi connectivity index (χ1) is 6.61. The van der Waals surface area contributed by atoms with Crippen molar-refractivity contribution in [1.29, 1.82) is 0 Å². The first-order valence-corrected chi connectivity index (χ1v) is 6.39. The Morgan fingerprint density at radius 1 is 0.867 bits per heavy atom. The van der Waals surface area contributed by atoms with E-state index < -0.39 is 0 Å². The molecule has 1 aliphatic rings. The SMILES string of the molecule is CC.CC(C)(C)C1CCC1.CC(C)(C)N. The second-order valence-corrected chi connectivity index (χ2v) is 6.36. The quantitative estimate of drug-likeness (QED) is 0.628. The molecular weight excluding hydrogens is 182 g/mol. The summed E-state index contributed by atoms with van der Waals surface area (Å²) in [6.45, 7) is 16.9. The highest BCUT2D eigenvalue weighted by Crippen LogP contribution is 2.40. The predicted molar refractivity (Wildman–Crippen MR) is 72.1 cm³/mol. The molecule has 0 heterocycles. The monoisotopic (exact) mass is 215 g/mol. The van der Waals surface area contributed by atoms with Crippen molar-refractivity contribution in [3.05, 3.63) is 0 Å². The summed E-state index contributed by atoms with van der Waals surface area (Å²) in [6.07, 6.45) is 4.43. The normalized spacial score (nSPS) is 16.6. The van der Waals surface area contributed by atoms with Crippen molar-refractivity contribution < 1.29 is 0 Å². The second-order valence-electron chi connectivity index (χ2n) is 6.36.